The predicted molar refractivity (Wildman–Crippen MR) is 78.3 cm³/mol. The molecule has 2 aromatic carbocycles. The minimum atomic E-state index is -4.05. The first-order valence-electron chi connectivity index (χ1n) is 6.00. The Morgan fingerprint density at radius 1 is 0.900 bits per heavy atom. The van der Waals surface area contributed by atoms with Crippen LogP contribution in [0.3, 0.4) is 0 Å². The highest BCUT2D eigenvalue weighted by Crippen LogP contribution is 2.19. The summed E-state index contributed by atoms with van der Waals surface area (Å²) in [6.45, 7) is 0. The van der Waals surface area contributed by atoms with Crippen molar-refractivity contribution in [3.8, 4) is 0 Å². The molecule has 2 rings (SSSR count). The summed E-state index contributed by atoms with van der Waals surface area (Å²) in [5.41, 5.74) is 0.869. The molecule has 0 aliphatic heterocycles. The van der Waals surface area contributed by atoms with E-state index in [0.29, 0.717) is 0 Å². The molecule has 0 fully saturated rings. The highest BCUT2D eigenvalue weighted by atomic mass is 32.2. The van der Waals surface area contributed by atoms with Gasteiger partial charge in [-0.15, -0.1) is 0 Å². The molecule has 102 valence electrons. The number of sulfone groups is 1. The SMILES string of the molecule is O=S(=O)(/C(F)=C\C=C\c1ccccc1)c1ccccc1. The minimum Gasteiger partial charge on any atom is -0.216 e. The van der Waals surface area contributed by atoms with E-state index in [1.54, 1.807) is 24.3 Å². The maximum Gasteiger partial charge on any atom is 0.233 e. The Kier molecular flexibility index (Phi) is 4.48. The second kappa shape index (κ2) is 6.30. The Labute approximate surface area is 117 Å². The fourth-order valence-electron chi connectivity index (χ4n) is 1.60. The molecule has 0 spiro atoms. The predicted octanol–water partition coefficient (Wildman–Crippen LogP) is 3.98. The van der Waals surface area contributed by atoms with Crippen LogP contribution in [0.5, 0.6) is 0 Å². The van der Waals surface area contributed by atoms with Crippen LogP contribution in [0.2, 0.25) is 0 Å². The van der Waals surface area contributed by atoms with Crippen LogP contribution in [0.15, 0.2) is 82.9 Å². The van der Waals surface area contributed by atoms with Gasteiger partial charge in [-0.3, -0.25) is 0 Å². The van der Waals surface area contributed by atoms with E-state index >= 15 is 0 Å². The Bertz CT molecular complexity index is 718. The van der Waals surface area contributed by atoms with Crippen molar-refractivity contribution in [3.05, 3.63) is 83.5 Å². The number of hydrogen-bond donors (Lipinski definition) is 0. The van der Waals surface area contributed by atoms with Gasteiger partial charge in [-0.1, -0.05) is 60.7 Å². The van der Waals surface area contributed by atoms with Crippen molar-refractivity contribution in [1.29, 1.82) is 0 Å². The van der Waals surface area contributed by atoms with E-state index in [9.17, 15) is 12.8 Å². The fraction of sp³-hybridized carbons (Fsp3) is 0. The lowest BCUT2D eigenvalue weighted by Gasteiger charge is -2.00. The van der Waals surface area contributed by atoms with Gasteiger partial charge in [0.2, 0.25) is 15.0 Å². The molecular formula is C16H13FO2S. The van der Waals surface area contributed by atoms with Crippen LogP contribution < -0.4 is 0 Å². The van der Waals surface area contributed by atoms with Gasteiger partial charge in [0.05, 0.1) is 4.90 Å². The van der Waals surface area contributed by atoms with Gasteiger partial charge in [0.25, 0.3) is 0 Å². The third-order valence-electron chi connectivity index (χ3n) is 2.63. The molecule has 0 aliphatic carbocycles. The lowest BCUT2D eigenvalue weighted by atomic mass is 10.2. The van der Waals surface area contributed by atoms with Crippen LogP contribution >= 0.6 is 0 Å². The van der Waals surface area contributed by atoms with E-state index in [1.807, 2.05) is 30.3 Å². The largest absolute Gasteiger partial charge is 0.233 e. The summed E-state index contributed by atoms with van der Waals surface area (Å²) in [4.78, 5) is -0.0538. The normalized spacial score (nSPS) is 12.8. The van der Waals surface area contributed by atoms with E-state index in [-0.39, 0.29) is 4.90 Å². The van der Waals surface area contributed by atoms with Gasteiger partial charge in [-0.05, 0) is 23.8 Å². The standard InChI is InChI=1S/C16H13FO2S/c17-16(13-7-10-14-8-3-1-4-9-14)20(18,19)15-11-5-2-6-12-15/h1-13H/b10-7+,16-13-. The highest BCUT2D eigenvalue weighted by molar-refractivity contribution is 7.95. The number of hydrogen-bond acceptors (Lipinski definition) is 2. The van der Waals surface area contributed by atoms with Crippen molar-refractivity contribution in [2.45, 2.75) is 4.90 Å². The molecule has 0 amide bonds. The van der Waals surface area contributed by atoms with Crippen LogP contribution in [-0.4, -0.2) is 8.42 Å². The summed E-state index contributed by atoms with van der Waals surface area (Å²) in [5.74, 6) is 0. The van der Waals surface area contributed by atoms with Crippen LogP contribution in [-0.2, 0) is 9.84 Å². The summed E-state index contributed by atoms with van der Waals surface area (Å²) in [5, 5.41) is -1.17. The van der Waals surface area contributed by atoms with E-state index in [4.69, 9.17) is 0 Å². The molecular weight excluding hydrogens is 275 g/mol. The van der Waals surface area contributed by atoms with Crippen molar-refractivity contribution in [1.82, 2.24) is 0 Å². The van der Waals surface area contributed by atoms with E-state index in [1.165, 1.54) is 18.2 Å². The zero-order chi connectivity index (χ0) is 14.4. The first kappa shape index (κ1) is 14.2. The van der Waals surface area contributed by atoms with Crippen molar-refractivity contribution in [3.63, 3.8) is 0 Å². The smallest absolute Gasteiger partial charge is 0.216 e. The highest BCUT2D eigenvalue weighted by Gasteiger charge is 2.19. The zero-order valence-corrected chi connectivity index (χ0v) is 11.4. The molecule has 0 bridgehead atoms. The van der Waals surface area contributed by atoms with E-state index in [2.05, 4.69) is 0 Å². The van der Waals surface area contributed by atoms with Gasteiger partial charge in [-0.2, -0.15) is 4.39 Å². The molecule has 0 N–H and O–H groups in total. The molecule has 0 atom stereocenters. The van der Waals surface area contributed by atoms with Gasteiger partial charge in [0.1, 0.15) is 0 Å². The number of rotatable bonds is 4. The quantitative estimate of drug-likeness (QED) is 0.797. The molecule has 0 saturated carbocycles. The van der Waals surface area contributed by atoms with Gasteiger partial charge in [0.15, 0.2) is 0 Å². The van der Waals surface area contributed by atoms with Crippen molar-refractivity contribution in [2.75, 3.05) is 0 Å². The van der Waals surface area contributed by atoms with E-state index < -0.39 is 15.0 Å². The Morgan fingerprint density at radius 2 is 1.45 bits per heavy atom. The molecule has 0 aromatic heterocycles. The third-order valence-corrected chi connectivity index (χ3v) is 4.17. The summed E-state index contributed by atoms with van der Waals surface area (Å²) >= 11 is 0. The first-order chi connectivity index (χ1) is 9.60. The molecule has 4 heteroatoms. The lowest BCUT2D eigenvalue weighted by molar-refractivity contribution is 0.577. The van der Waals surface area contributed by atoms with Crippen molar-refractivity contribution >= 4 is 15.9 Å². The van der Waals surface area contributed by atoms with Gasteiger partial charge < -0.3 is 0 Å². The van der Waals surface area contributed by atoms with Crippen LogP contribution in [0.25, 0.3) is 6.08 Å². The number of benzene rings is 2. The number of allylic oxidation sites excluding steroid dienone is 2. The maximum atomic E-state index is 13.8. The monoisotopic (exact) mass is 288 g/mol. The summed E-state index contributed by atoms with van der Waals surface area (Å²) < 4.78 is 37.6. The minimum absolute atomic E-state index is 0.0538. The molecule has 2 nitrogen and oxygen atoms in total. The molecule has 20 heavy (non-hydrogen) atoms. The lowest BCUT2D eigenvalue weighted by Crippen LogP contribution is -2.00. The van der Waals surface area contributed by atoms with Gasteiger partial charge in [-0.25, -0.2) is 8.42 Å². The van der Waals surface area contributed by atoms with Crippen LogP contribution in [0, 0.1) is 0 Å². The Morgan fingerprint density at radius 3 is 2.05 bits per heavy atom. The fourth-order valence-corrected chi connectivity index (χ4v) is 2.60. The topological polar surface area (TPSA) is 34.1 Å². The average Bonchev–Trinajstić information content (AvgIpc) is 2.49. The molecule has 0 aliphatic rings. The van der Waals surface area contributed by atoms with Gasteiger partial charge in [0, 0.05) is 0 Å². The summed E-state index contributed by atoms with van der Waals surface area (Å²) in [6, 6.07) is 16.8. The van der Waals surface area contributed by atoms with E-state index in [0.717, 1.165) is 11.6 Å². The molecule has 0 saturated heterocycles. The van der Waals surface area contributed by atoms with Crippen LogP contribution in [0.4, 0.5) is 4.39 Å². The molecule has 0 unspecified atom stereocenters. The first-order valence-corrected chi connectivity index (χ1v) is 7.48. The Balaban J connectivity index is 2.21. The summed E-state index contributed by atoms with van der Waals surface area (Å²) in [6.07, 6.45) is 3.97. The second-order valence-corrected chi connectivity index (χ2v) is 5.93. The molecule has 0 heterocycles. The summed E-state index contributed by atoms with van der Waals surface area (Å²) in [7, 11) is -4.05. The number of halogens is 1. The second-order valence-electron chi connectivity index (χ2n) is 4.06. The third kappa shape index (κ3) is 3.42. The Hall–Kier alpha value is -2.20. The molecule has 0 radical (unpaired) electrons. The van der Waals surface area contributed by atoms with Crippen molar-refractivity contribution < 1.29 is 12.8 Å². The van der Waals surface area contributed by atoms with Gasteiger partial charge >= 0.3 is 0 Å². The van der Waals surface area contributed by atoms with Crippen LogP contribution in [0.1, 0.15) is 5.56 Å². The maximum absolute atomic E-state index is 13.8. The van der Waals surface area contributed by atoms with Crippen molar-refractivity contribution in [2.24, 2.45) is 0 Å². The average molecular weight is 288 g/mol. The molecule has 2 aromatic rings. The zero-order valence-electron chi connectivity index (χ0n) is 10.6.